The second-order valence-electron chi connectivity index (χ2n) is 6.09. The Morgan fingerprint density at radius 3 is 2.64 bits per heavy atom. The summed E-state index contributed by atoms with van der Waals surface area (Å²) in [7, 11) is 0. The molecule has 0 fully saturated rings. The molecule has 0 amide bonds. The molecule has 4 rings (SSSR count). The highest BCUT2D eigenvalue weighted by Gasteiger charge is 2.12. The van der Waals surface area contributed by atoms with E-state index in [1.807, 2.05) is 35.1 Å². The van der Waals surface area contributed by atoms with Crippen LogP contribution >= 0.6 is 23.5 Å². The van der Waals surface area contributed by atoms with Crippen LogP contribution < -0.4 is 0 Å². The Morgan fingerprint density at radius 1 is 1.08 bits per heavy atom. The summed E-state index contributed by atoms with van der Waals surface area (Å²) in [6.07, 6.45) is 0. The van der Waals surface area contributed by atoms with Crippen LogP contribution in [-0.2, 0) is 11.5 Å². The molecule has 2 aromatic carbocycles. The van der Waals surface area contributed by atoms with Gasteiger partial charge >= 0.3 is 0 Å². The number of benzene rings is 2. The van der Waals surface area contributed by atoms with Crippen LogP contribution in [0.1, 0.15) is 22.5 Å². The van der Waals surface area contributed by atoms with Gasteiger partial charge in [-0.1, -0.05) is 53.9 Å². The predicted octanol–water partition coefficient (Wildman–Crippen LogP) is 5.66. The standard InChI is InChI=1S/C20H19N3S2/c1-14-11-15(2)23(22-14)18-9-7-16(8-10-18)12-24-20-21-19-6-4-3-5-17(19)13-25-20/h3-11H,12-13H2,1-2H3. The van der Waals surface area contributed by atoms with Crippen molar-refractivity contribution in [3.63, 3.8) is 0 Å². The van der Waals surface area contributed by atoms with Gasteiger partial charge in [0, 0.05) is 17.2 Å². The van der Waals surface area contributed by atoms with Gasteiger partial charge in [0.05, 0.1) is 17.1 Å². The van der Waals surface area contributed by atoms with E-state index < -0.39 is 0 Å². The van der Waals surface area contributed by atoms with Crippen molar-refractivity contribution in [2.45, 2.75) is 25.4 Å². The monoisotopic (exact) mass is 365 g/mol. The molecule has 25 heavy (non-hydrogen) atoms. The average Bonchev–Trinajstić information content (AvgIpc) is 2.98. The minimum absolute atomic E-state index is 0.936. The lowest BCUT2D eigenvalue weighted by Gasteiger charge is -2.14. The Labute approximate surface area is 156 Å². The fourth-order valence-corrected chi connectivity index (χ4v) is 4.87. The molecule has 0 N–H and O–H groups in total. The summed E-state index contributed by atoms with van der Waals surface area (Å²) in [4.78, 5) is 4.77. The van der Waals surface area contributed by atoms with Gasteiger partial charge in [-0.2, -0.15) is 5.10 Å². The van der Waals surface area contributed by atoms with E-state index in [4.69, 9.17) is 4.99 Å². The van der Waals surface area contributed by atoms with Crippen LogP contribution in [0.5, 0.6) is 0 Å². The number of hydrogen-bond donors (Lipinski definition) is 0. The van der Waals surface area contributed by atoms with Crippen molar-refractivity contribution >= 4 is 33.6 Å². The molecule has 0 radical (unpaired) electrons. The van der Waals surface area contributed by atoms with E-state index in [0.29, 0.717) is 0 Å². The number of hydrogen-bond acceptors (Lipinski definition) is 4. The third-order valence-electron chi connectivity index (χ3n) is 4.11. The summed E-state index contributed by atoms with van der Waals surface area (Å²) in [5.41, 5.74) is 7.06. The van der Waals surface area contributed by atoms with Crippen molar-refractivity contribution in [3.05, 3.63) is 77.1 Å². The maximum atomic E-state index is 4.77. The van der Waals surface area contributed by atoms with Crippen molar-refractivity contribution in [1.82, 2.24) is 9.78 Å². The zero-order valence-electron chi connectivity index (χ0n) is 14.3. The molecule has 1 aromatic heterocycles. The van der Waals surface area contributed by atoms with Crippen LogP contribution in [0.25, 0.3) is 5.69 Å². The molecule has 5 heteroatoms. The SMILES string of the molecule is Cc1cc(C)n(-c2ccc(CSC3=Nc4ccccc4CS3)cc2)n1. The lowest BCUT2D eigenvalue weighted by Crippen LogP contribution is -1.99. The van der Waals surface area contributed by atoms with Crippen LogP contribution in [-0.4, -0.2) is 14.2 Å². The lowest BCUT2D eigenvalue weighted by atomic mass is 10.2. The van der Waals surface area contributed by atoms with Crippen molar-refractivity contribution in [3.8, 4) is 5.69 Å². The van der Waals surface area contributed by atoms with Gasteiger partial charge in [0.2, 0.25) is 0 Å². The Morgan fingerprint density at radius 2 is 1.88 bits per heavy atom. The number of nitrogens with zero attached hydrogens (tertiary/aromatic N) is 3. The number of aromatic nitrogens is 2. The summed E-state index contributed by atoms with van der Waals surface area (Å²) in [6, 6.07) is 19.1. The quantitative estimate of drug-likeness (QED) is 0.600. The van der Waals surface area contributed by atoms with E-state index in [2.05, 4.69) is 66.6 Å². The lowest BCUT2D eigenvalue weighted by molar-refractivity contribution is 0.833. The molecule has 3 aromatic rings. The molecule has 3 nitrogen and oxygen atoms in total. The zero-order chi connectivity index (χ0) is 17.2. The van der Waals surface area contributed by atoms with Gasteiger partial charge < -0.3 is 0 Å². The Bertz CT molecular complexity index is 926. The third kappa shape index (κ3) is 3.67. The fourth-order valence-electron chi connectivity index (χ4n) is 2.85. The molecule has 0 spiro atoms. The number of para-hydroxylation sites is 1. The van der Waals surface area contributed by atoms with E-state index in [1.165, 1.54) is 11.1 Å². The van der Waals surface area contributed by atoms with E-state index in [9.17, 15) is 0 Å². The van der Waals surface area contributed by atoms with Crippen molar-refractivity contribution in [1.29, 1.82) is 0 Å². The molecule has 0 unspecified atom stereocenters. The van der Waals surface area contributed by atoms with Crippen molar-refractivity contribution in [2.75, 3.05) is 0 Å². The third-order valence-corrected chi connectivity index (χ3v) is 6.42. The topological polar surface area (TPSA) is 30.2 Å². The molecule has 1 aliphatic rings. The predicted molar refractivity (Wildman–Crippen MR) is 109 cm³/mol. The van der Waals surface area contributed by atoms with Crippen LogP contribution in [0.15, 0.2) is 59.6 Å². The first-order chi connectivity index (χ1) is 12.2. The van der Waals surface area contributed by atoms with Gasteiger partial charge in [0.15, 0.2) is 0 Å². The molecule has 0 atom stereocenters. The molecular formula is C20H19N3S2. The molecule has 0 saturated carbocycles. The fraction of sp³-hybridized carbons (Fsp3) is 0.200. The maximum Gasteiger partial charge on any atom is 0.131 e. The van der Waals surface area contributed by atoms with Crippen molar-refractivity contribution in [2.24, 2.45) is 4.99 Å². The minimum atomic E-state index is 0.936. The zero-order valence-corrected chi connectivity index (χ0v) is 15.9. The molecule has 1 aliphatic heterocycles. The van der Waals surface area contributed by atoms with E-state index >= 15 is 0 Å². The molecule has 126 valence electrons. The Hall–Kier alpha value is -1.98. The van der Waals surface area contributed by atoms with Gasteiger partial charge in [-0.25, -0.2) is 9.67 Å². The van der Waals surface area contributed by atoms with Gasteiger partial charge in [-0.15, -0.1) is 0 Å². The van der Waals surface area contributed by atoms with Crippen LogP contribution in [0.3, 0.4) is 0 Å². The second kappa shape index (κ2) is 7.10. The van der Waals surface area contributed by atoms with Gasteiger partial charge in [0.25, 0.3) is 0 Å². The van der Waals surface area contributed by atoms with Crippen molar-refractivity contribution < 1.29 is 0 Å². The molecule has 0 bridgehead atoms. The highest BCUT2D eigenvalue weighted by Crippen LogP contribution is 2.35. The number of fused-ring (bicyclic) bond motifs is 1. The summed E-state index contributed by atoms with van der Waals surface area (Å²) in [5, 5.41) is 4.54. The van der Waals surface area contributed by atoms with Crippen LogP contribution in [0.2, 0.25) is 0 Å². The van der Waals surface area contributed by atoms with Gasteiger partial charge in [-0.3, -0.25) is 0 Å². The summed E-state index contributed by atoms with van der Waals surface area (Å²) in [6.45, 7) is 4.11. The molecule has 2 heterocycles. The molecule has 0 aliphatic carbocycles. The first kappa shape index (κ1) is 16.5. The first-order valence-electron chi connectivity index (χ1n) is 8.24. The minimum Gasteiger partial charge on any atom is -0.238 e. The highest BCUT2D eigenvalue weighted by molar-refractivity contribution is 8.38. The second-order valence-corrected chi connectivity index (χ2v) is 8.28. The normalized spacial score (nSPS) is 13.4. The number of rotatable bonds is 3. The van der Waals surface area contributed by atoms with E-state index in [1.54, 1.807) is 0 Å². The molecule has 0 saturated heterocycles. The Balaban J connectivity index is 1.44. The average molecular weight is 366 g/mol. The largest absolute Gasteiger partial charge is 0.238 e. The van der Waals surface area contributed by atoms with E-state index in [-0.39, 0.29) is 0 Å². The Kier molecular flexibility index (Phi) is 4.68. The highest BCUT2D eigenvalue weighted by atomic mass is 32.2. The van der Waals surface area contributed by atoms with Crippen LogP contribution in [0, 0.1) is 13.8 Å². The number of thioether (sulfide) groups is 2. The number of aliphatic imine (C=N–C) groups is 1. The summed E-state index contributed by atoms with van der Waals surface area (Å²) in [5.74, 6) is 1.95. The smallest absolute Gasteiger partial charge is 0.131 e. The van der Waals surface area contributed by atoms with Crippen LogP contribution in [0.4, 0.5) is 5.69 Å². The van der Waals surface area contributed by atoms with E-state index in [0.717, 1.165) is 38.6 Å². The van der Waals surface area contributed by atoms with Gasteiger partial charge in [-0.05, 0) is 49.2 Å². The maximum absolute atomic E-state index is 4.77. The number of aryl methyl sites for hydroxylation is 2. The van der Waals surface area contributed by atoms with Gasteiger partial charge in [0.1, 0.15) is 4.38 Å². The molecular weight excluding hydrogens is 346 g/mol. The first-order valence-corrected chi connectivity index (χ1v) is 10.2. The summed E-state index contributed by atoms with van der Waals surface area (Å²) < 4.78 is 3.14. The summed E-state index contributed by atoms with van der Waals surface area (Å²) >= 11 is 3.64.